The van der Waals surface area contributed by atoms with Crippen LogP contribution in [0.15, 0.2) is 42.5 Å². The molecule has 2 heterocycles. The highest BCUT2D eigenvalue weighted by Gasteiger charge is 2.23. The number of phenolic OH excluding ortho intramolecular Hbond substituents is 1. The first-order valence-corrected chi connectivity index (χ1v) is 10.1. The molecule has 5 heteroatoms. The van der Waals surface area contributed by atoms with Gasteiger partial charge in [-0.05, 0) is 61.5 Å². The number of likely N-dealkylation sites (tertiary alicyclic amines) is 1. The molecule has 2 aromatic rings. The van der Waals surface area contributed by atoms with Crippen molar-refractivity contribution in [3.8, 4) is 5.75 Å². The highest BCUT2D eigenvalue weighted by Crippen LogP contribution is 2.31. The van der Waals surface area contributed by atoms with Gasteiger partial charge in [-0.15, -0.1) is 0 Å². The van der Waals surface area contributed by atoms with Crippen molar-refractivity contribution < 1.29 is 14.7 Å². The largest absolute Gasteiger partial charge is 0.507 e. The van der Waals surface area contributed by atoms with E-state index < -0.39 is 0 Å². The number of nitrogens with zero attached hydrogens (tertiary/aromatic N) is 1. The topological polar surface area (TPSA) is 69.6 Å². The molecule has 1 amide bonds. The molecule has 2 aliphatic rings. The lowest BCUT2D eigenvalue weighted by Gasteiger charge is -2.32. The van der Waals surface area contributed by atoms with Crippen LogP contribution in [0, 0.1) is 0 Å². The predicted molar refractivity (Wildman–Crippen MR) is 109 cm³/mol. The molecule has 0 saturated carbocycles. The first kappa shape index (κ1) is 18.7. The van der Waals surface area contributed by atoms with Crippen LogP contribution in [0.5, 0.6) is 5.75 Å². The van der Waals surface area contributed by atoms with Crippen LogP contribution in [0.3, 0.4) is 0 Å². The first-order valence-electron chi connectivity index (χ1n) is 10.1. The second-order valence-corrected chi connectivity index (χ2v) is 7.77. The van der Waals surface area contributed by atoms with Crippen LogP contribution < -0.4 is 5.32 Å². The van der Waals surface area contributed by atoms with Gasteiger partial charge in [0.1, 0.15) is 5.75 Å². The van der Waals surface area contributed by atoms with Crippen LogP contribution in [0.2, 0.25) is 0 Å². The highest BCUT2D eigenvalue weighted by atomic mass is 16.3. The van der Waals surface area contributed by atoms with Crippen molar-refractivity contribution in [2.45, 2.75) is 38.0 Å². The fourth-order valence-electron chi connectivity index (χ4n) is 4.25. The minimum absolute atomic E-state index is 0.0164. The van der Waals surface area contributed by atoms with Crippen LogP contribution in [-0.2, 0) is 11.2 Å². The molecule has 0 radical (unpaired) electrons. The zero-order valence-electron chi connectivity index (χ0n) is 16.0. The van der Waals surface area contributed by atoms with E-state index in [9.17, 15) is 14.7 Å². The summed E-state index contributed by atoms with van der Waals surface area (Å²) in [5.74, 6) is 0.493. The molecule has 0 bridgehead atoms. The van der Waals surface area contributed by atoms with Crippen LogP contribution in [0.25, 0.3) is 0 Å². The van der Waals surface area contributed by atoms with E-state index in [4.69, 9.17) is 0 Å². The Morgan fingerprint density at radius 3 is 2.61 bits per heavy atom. The molecule has 0 spiro atoms. The Morgan fingerprint density at radius 2 is 1.86 bits per heavy atom. The van der Waals surface area contributed by atoms with Crippen LogP contribution in [0.1, 0.15) is 53.1 Å². The molecule has 2 aromatic carbocycles. The number of piperidine rings is 1. The number of amides is 1. The van der Waals surface area contributed by atoms with Crippen LogP contribution in [0.4, 0.5) is 5.69 Å². The van der Waals surface area contributed by atoms with E-state index in [1.54, 1.807) is 12.1 Å². The minimum Gasteiger partial charge on any atom is -0.507 e. The Hall–Kier alpha value is -2.66. The zero-order chi connectivity index (χ0) is 19.5. The molecule has 146 valence electrons. The molecule has 0 aromatic heterocycles. The van der Waals surface area contributed by atoms with Gasteiger partial charge in [-0.2, -0.15) is 0 Å². The third-order valence-electron chi connectivity index (χ3n) is 5.93. The van der Waals surface area contributed by atoms with E-state index in [2.05, 4.69) is 34.5 Å². The second-order valence-electron chi connectivity index (χ2n) is 7.77. The molecule has 0 atom stereocenters. The van der Waals surface area contributed by atoms with Gasteiger partial charge in [-0.3, -0.25) is 9.59 Å². The van der Waals surface area contributed by atoms with Gasteiger partial charge in [0.05, 0.1) is 5.56 Å². The number of hydrogen-bond acceptors (Lipinski definition) is 4. The molecule has 0 unspecified atom stereocenters. The molecule has 0 aliphatic carbocycles. The minimum atomic E-state index is -0.0784. The van der Waals surface area contributed by atoms with Gasteiger partial charge >= 0.3 is 0 Å². The average Bonchev–Trinajstić information content (AvgIpc) is 2.73. The van der Waals surface area contributed by atoms with Crippen molar-refractivity contribution in [1.82, 2.24) is 4.90 Å². The van der Waals surface area contributed by atoms with Crippen molar-refractivity contribution in [1.29, 1.82) is 0 Å². The summed E-state index contributed by atoms with van der Waals surface area (Å²) in [6.45, 7) is 2.67. The van der Waals surface area contributed by atoms with E-state index in [0.29, 0.717) is 43.0 Å². The lowest BCUT2D eigenvalue weighted by Crippen LogP contribution is -2.34. The fraction of sp³-hybridized carbons (Fsp3) is 0.391. The third kappa shape index (κ3) is 4.09. The van der Waals surface area contributed by atoms with E-state index in [0.717, 1.165) is 31.5 Å². The number of aryl methyl sites for hydroxylation is 1. The molecular weight excluding hydrogens is 352 g/mol. The Morgan fingerprint density at radius 1 is 1.11 bits per heavy atom. The van der Waals surface area contributed by atoms with Crippen molar-refractivity contribution in [3.05, 3.63) is 59.2 Å². The zero-order valence-corrected chi connectivity index (χ0v) is 16.0. The molecule has 2 N–H and O–H groups in total. The quantitative estimate of drug-likeness (QED) is 0.614. The van der Waals surface area contributed by atoms with E-state index >= 15 is 0 Å². The lowest BCUT2D eigenvalue weighted by molar-refractivity contribution is -0.116. The van der Waals surface area contributed by atoms with Gasteiger partial charge in [0.2, 0.25) is 5.91 Å². The van der Waals surface area contributed by atoms with Crippen molar-refractivity contribution >= 4 is 17.4 Å². The third-order valence-corrected chi connectivity index (χ3v) is 5.93. The summed E-state index contributed by atoms with van der Waals surface area (Å²) in [6.07, 6.45) is 3.59. The summed E-state index contributed by atoms with van der Waals surface area (Å²) in [7, 11) is 0. The van der Waals surface area contributed by atoms with Gasteiger partial charge in [-0.25, -0.2) is 0 Å². The number of rotatable bonds is 5. The lowest BCUT2D eigenvalue weighted by atomic mass is 9.89. The molecular formula is C23H26N2O3. The maximum atomic E-state index is 12.7. The number of benzene rings is 2. The number of ketones is 1. The SMILES string of the molecule is O=C1CCc2cc(O)c(C(=O)CCN3CCC(c4ccccc4)CC3)cc2N1. The summed E-state index contributed by atoms with van der Waals surface area (Å²) in [6, 6.07) is 13.9. The summed E-state index contributed by atoms with van der Waals surface area (Å²) in [5.41, 5.74) is 3.25. The number of hydrogen-bond donors (Lipinski definition) is 2. The normalized spacial score (nSPS) is 17.8. The van der Waals surface area contributed by atoms with Crippen LogP contribution in [-0.4, -0.2) is 41.3 Å². The number of aromatic hydroxyl groups is 1. The Balaban J connectivity index is 1.33. The first-order chi connectivity index (χ1) is 13.6. The Bertz CT molecular complexity index is 871. The van der Waals surface area contributed by atoms with Crippen molar-refractivity contribution in [2.24, 2.45) is 0 Å². The number of nitrogens with one attached hydrogen (secondary N) is 1. The summed E-state index contributed by atoms with van der Waals surface area (Å²) >= 11 is 0. The number of phenols is 1. The van der Waals surface area contributed by atoms with Crippen molar-refractivity contribution in [2.75, 3.05) is 25.0 Å². The maximum Gasteiger partial charge on any atom is 0.224 e. The van der Waals surface area contributed by atoms with Gasteiger partial charge in [0.15, 0.2) is 5.78 Å². The van der Waals surface area contributed by atoms with E-state index in [1.165, 1.54) is 5.56 Å². The monoisotopic (exact) mass is 378 g/mol. The smallest absolute Gasteiger partial charge is 0.224 e. The molecule has 5 nitrogen and oxygen atoms in total. The standard InChI is InChI=1S/C23H26N2O3/c26-21(19-15-20-18(14-22(19)27)6-7-23(28)24-20)10-13-25-11-8-17(9-12-25)16-4-2-1-3-5-16/h1-5,14-15,17,27H,6-13H2,(H,24,28). The number of carbonyl (C=O) groups is 2. The Labute approximate surface area is 165 Å². The van der Waals surface area contributed by atoms with Gasteiger partial charge < -0.3 is 15.3 Å². The number of anilines is 1. The molecule has 1 fully saturated rings. The van der Waals surface area contributed by atoms with Gasteiger partial charge in [0, 0.05) is 25.1 Å². The maximum absolute atomic E-state index is 12.7. The summed E-state index contributed by atoms with van der Waals surface area (Å²) < 4.78 is 0. The van der Waals surface area contributed by atoms with Crippen molar-refractivity contribution in [3.63, 3.8) is 0 Å². The number of fused-ring (bicyclic) bond motifs is 1. The highest BCUT2D eigenvalue weighted by molar-refractivity contribution is 6.02. The predicted octanol–water partition coefficient (Wildman–Crippen LogP) is 3.73. The second kappa shape index (κ2) is 8.15. The van der Waals surface area contributed by atoms with Crippen LogP contribution >= 0.6 is 0 Å². The fourth-order valence-corrected chi connectivity index (χ4v) is 4.25. The summed E-state index contributed by atoms with van der Waals surface area (Å²) in [5, 5.41) is 13.0. The molecule has 4 rings (SSSR count). The van der Waals surface area contributed by atoms with Gasteiger partial charge in [-0.1, -0.05) is 30.3 Å². The van der Waals surface area contributed by atoms with E-state index in [-0.39, 0.29) is 17.4 Å². The van der Waals surface area contributed by atoms with E-state index in [1.807, 2.05) is 6.07 Å². The molecule has 28 heavy (non-hydrogen) atoms. The molecule has 2 aliphatic heterocycles. The van der Waals surface area contributed by atoms with Gasteiger partial charge in [0.25, 0.3) is 0 Å². The molecule has 1 saturated heterocycles. The number of Topliss-reactive ketones (excluding diaryl/α,β-unsaturated/α-hetero) is 1. The average molecular weight is 378 g/mol. The number of carbonyl (C=O) groups excluding carboxylic acids is 2. The Kier molecular flexibility index (Phi) is 5.44. The summed E-state index contributed by atoms with van der Waals surface area (Å²) in [4.78, 5) is 26.6.